The normalized spacial score (nSPS) is 11.0. The molecule has 0 aliphatic heterocycles. The number of alkyl halides is 3. The number of anilines is 1. The predicted octanol–water partition coefficient (Wildman–Crippen LogP) is 4.29. The topological polar surface area (TPSA) is 109 Å². The molecular formula is C24H20F3N3O5. The van der Waals surface area contributed by atoms with Crippen molar-refractivity contribution in [3.05, 3.63) is 83.0 Å². The minimum atomic E-state index is -4.75. The van der Waals surface area contributed by atoms with E-state index in [1.807, 2.05) is 6.92 Å². The molecule has 2 aromatic carbocycles. The van der Waals surface area contributed by atoms with Crippen LogP contribution in [0.5, 0.6) is 11.6 Å². The number of halogens is 3. The number of aromatic carboxylic acids is 1. The average Bonchev–Trinajstić information content (AvgIpc) is 2.82. The maximum absolute atomic E-state index is 13.3. The molecule has 35 heavy (non-hydrogen) atoms. The second-order valence-electron chi connectivity index (χ2n) is 7.37. The second-order valence-corrected chi connectivity index (χ2v) is 7.37. The molecular weight excluding hydrogens is 467 g/mol. The molecule has 0 radical (unpaired) electrons. The van der Waals surface area contributed by atoms with Gasteiger partial charge in [0.25, 0.3) is 5.91 Å². The first kappa shape index (κ1) is 25.2. The van der Waals surface area contributed by atoms with Crippen molar-refractivity contribution >= 4 is 23.5 Å². The molecule has 0 aliphatic carbocycles. The van der Waals surface area contributed by atoms with Crippen molar-refractivity contribution in [3.8, 4) is 11.6 Å². The number of carbonyl (C=O) groups excluding carboxylic acids is 2. The first-order valence-electron chi connectivity index (χ1n) is 10.2. The molecule has 0 saturated heterocycles. The quantitative estimate of drug-likeness (QED) is 0.515. The van der Waals surface area contributed by atoms with Gasteiger partial charge in [0.15, 0.2) is 0 Å². The molecule has 0 bridgehead atoms. The van der Waals surface area contributed by atoms with E-state index in [1.54, 1.807) is 12.1 Å². The van der Waals surface area contributed by atoms with Crippen LogP contribution in [-0.2, 0) is 11.0 Å². The van der Waals surface area contributed by atoms with Crippen molar-refractivity contribution < 1.29 is 37.4 Å². The van der Waals surface area contributed by atoms with Crippen LogP contribution in [-0.4, -0.2) is 41.5 Å². The highest BCUT2D eigenvalue weighted by Crippen LogP contribution is 2.37. The minimum absolute atomic E-state index is 0.143. The Bertz CT molecular complexity index is 1260. The maximum atomic E-state index is 13.3. The lowest BCUT2D eigenvalue weighted by Crippen LogP contribution is -2.40. The zero-order chi connectivity index (χ0) is 25.8. The Hall–Kier alpha value is -4.41. The van der Waals surface area contributed by atoms with Crippen LogP contribution in [0, 0.1) is 6.92 Å². The third kappa shape index (κ3) is 5.94. The largest absolute Gasteiger partial charge is 0.478 e. The minimum Gasteiger partial charge on any atom is -0.478 e. The average molecular weight is 487 g/mol. The van der Waals surface area contributed by atoms with Crippen molar-refractivity contribution in [2.45, 2.75) is 13.1 Å². The highest BCUT2D eigenvalue weighted by atomic mass is 19.4. The van der Waals surface area contributed by atoms with Crippen LogP contribution in [0.15, 0.2) is 60.8 Å². The molecule has 0 spiro atoms. The standard InChI is InChI=1S/C24H20F3N3O5/c1-14-5-7-15(8-6-14)22(32)30(13-20(31)28-2)19-10-9-16(12-17(19)23(33)34)35-21-18(24(25,26)27)4-3-11-29-21/h3-12H,13H2,1-2H3,(H,28,31)(H,33,34). The number of nitrogens with zero attached hydrogens (tertiary/aromatic N) is 2. The highest BCUT2D eigenvalue weighted by molar-refractivity contribution is 6.11. The smallest absolute Gasteiger partial charge is 0.421 e. The maximum Gasteiger partial charge on any atom is 0.421 e. The molecule has 0 saturated carbocycles. The monoisotopic (exact) mass is 487 g/mol. The van der Waals surface area contributed by atoms with E-state index in [2.05, 4.69) is 10.3 Å². The Morgan fingerprint density at radius 2 is 1.77 bits per heavy atom. The molecule has 1 heterocycles. The molecule has 0 unspecified atom stereocenters. The third-order valence-electron chi connectivity index (χ3n) is 4.90. The number of likely N-dealkylation sites (N-methyl/N-ethyl adjacent to an activating group) is 1. The summed E-state index contributed by atoms with van der Waals surface area (Å²) < 4.78 is 45.0. The van der Waals surface area contributed by atoms with Gasteiger partial charge in [-0.1, -0.05) is 17.7 Å². The number of benzene rings is 2. The fourth-order valence-electron chi connectivity index (χ4n) is 3.13. The lowest BCUT2D eigenvalue weighted by atomic mass is 10.1. The summed E-state index contributed by atoms with van der Waals surface area (Å²) in [6, 6.07) is 11.6. The second kappa shape index (κ2) is 10.2. The Morgan fingerprint density at radius 1 is 1.09 bits per heavy atom. The van der Waals surface area contributed by atoms with E-state index in [0.29, 0.717) is 0 Å². The summed E-state index contributed by atoms with van der Waals surface area (Å²) >= 11 is 0. The Kier molecular flexibility index (Phi) is 7.38. The number of hydrogen-bond donors (Lipinski definition) is 2. The number of hydrogen-bond acceptors (Lipinski definition) is 5. The van der Waals surface area contributed by atoms with Crippen LogP contribution in [0.25, 0.3) is 0 Å². The number of pyridine rings is 1. The van der Waals surface area contributed by atoms with Crippen LogP contribution in [0.3, 0.4) is 0 Å². The highest BCUT2D eigenvalue weighted by Gasteiger charge is 2.35. The number of carbonyl (C=O) groups is 3. The van der Waals surface area contributed by atoms with Gasteiger partial charge < -0.3 is 15.2 Å². The van der Waals surface area contributed by atoms with Crippen LogP contribution in [0.4, 0.5) is 18.9 Å². The summed E-state index contributed by atoms with van der Waals surface area (Å²) in [5, 5.41) is 12.2. The van der Waals surface area contributed by atoms with Gasteiger partial charge in [-0.2, -0.15) is 13.2 Å². The Balaban J connectivity index is 2.05. The fourth-order valence-corrected chi connectivity index (χ4v) is 3.13. The van der Waals surface area contributed by atoms with E-state index < -0.39 is 47.5 Å². The number of aryl methyl sites for hydroxylation is 1. The van der Waals surface area contributed by atoms with Crippen molar-refractivity contribution in [2.24, 2.45) is 0 Å². The summed E-state index contributed by atoms with van der Waals surface area (Å²) in [7, 11) is 1.36. The van der Waals surface area contributed by atoms with E-state index in [-0.39, 0.29) is 17.0 Å². The van der Waals surface area contributed by atoms with E-state index >= 15 is 0 Å². The van der Waals surface area contributed by atoms with Gasteiger partial charge in [-0.05, 0) is 49.4 Å². The Labute approximate surface area is 198 Å². The number of ether oxygens (including phenoxy) is 1. The molecule has 0 fully saturated rings. The van der Waals surface area contributed by atoms with Gasteiger partial charge in [-0.15, -0.1) is 0 Å². The van der Waals surface area contributed by atoms with Gasteiger partial charge in [-0.25, -0.2) is 9.78 Å². The summed E-state index contributed by atoms with van der Waals surface area (Å²) in [6.07, 6.45) is -3.65. The molecule has 8 nitrogen and oxygen atoms in total. The third-order valence-corrected chi connectivity index (χ3v) is 4.90. The molecule has 0 atom stereocenters. The van der Waals surface area contributed by atoms with Gasteiger partial charge in [0.05, 0.1) is 11.3 Å². The number of carboxylic acids is 1. The molecule has 3 rings (SSSR count). The molecule has 182 valence electrons. The van der Waals surface area contributed by atoms with Crippen molar-refractivity contribution in [1.82, 2.24) is 10.3 Å². The zero-order valence-electron chi connectivity index (χ0n) is 18.6. The summed E-state index contributed by atoms with van der Waals surface area (Å²) in [5.74, 6) is -3.71. The van der Waals surface area contributed by atoms with E-state index in [0.717, 1.165) is 34.9 Å². The van der Waals surface area contributed by atoms with Gasteiger partial charge in [0, 0.05) is 18.8 Å². The molecule has 0 aliphatic rings. The predicted molar refractivity (Wildman–Crippen MR) is 120 cm³/mol. The summed E-state index contributed by atoms with van der Waals surface area (Å²) in [4.78, 5) is 41.9. The Morgan fingerprint density at radius 3 is 2.37 bits per heavy atom. The van der Waals surface area contributed by atoms with Crippen LogP contribution >= 0.6 is 0 Å². The summed E-state index contributed by atoms with van der Waals surface area (Å²) in [5.41, 5.74) is -0.650. The van der Waals surface area contributed by atoms with E-state index in [4.69, 9.17) is 4.74 Å². The fraction of sp³-hybridized carbons (Fsp3) is 0.167. The lowest BCUT2D eigenvalue weighted by Gasteiger charge is -2.24. The van der Waals surface area contributed by atoms with Crippen molar-refractivity contribution in [1.29, 1.82) is 0 Å². The molecule has 3 aromatic rings. The van der Waals surface area contributed by atoms with Gasteiger partial charge in [0.1, 0.15) is 17.9 Å². The van der Waals surface area contributed by atoms with Gasteiger partial charge in [-0.3, -0.25) is 14.5 Å². The lowest BCUT2D eigenvalue weighted by molar-refractivity contribution is -0.138. The number of rotatable bonds is 7. The molecule has 2 amide bonds. The van der Waals surface area contributed by atoms with Crippen molar-refractivity contribution in [3.63, 3.8) is 0 Å². The van der Waals surface area contributed by atoms with Crippen LogP contribution in [0.2, 0.25) is 0 Å². The van der Waals surface area contributed by atoms with E-state index in [1.165, 1.54) is 31.3 Å². The number of aromatic nitrogens is 1. The molecule has 11 heteroatoms. The number of nitrogens with one attached hydrogen (secondary N) is 1. The SMILES string of the molecule is CNC(=O)CN(C(=O)c1ccc(C)cc1)c1ccc(Oc2ncccc2C(F)(F)F)cc1C(=O)O. The van der Waals surface area contributed by atoms with Gasteiger partial charge >= 0.3 is 12.1 Å². The molecule has 2 N–H and O–H groups in total. The number of carboxylic acid groups (broad SMARTS) is 1. The first-order valence-corrected chi connectivity index (χ1v) is 10.2. The summed E-state index contributed by atoms with van der Waals surface area (Å²) in [6.45, 7) is 1.33. The van der Waals surface area contributed by atoms with E-state index in [9.17, 15) is 32.7 Å². The zero-order valence-corrected chi connectivity index (χ0v) is 18.6. The number of amides is 2. The van der Waals surface area contributed by atoms with Crippen LogP contribution in [0.1, 0.15) is 31.8 Å². The van der Waals surface area contributed by atoms with Crippen LogP contribution < -0.4 is 15.0 Å². The van der Waals surface area contributed by atoms with Crippen molar-refractivity contribution in [2.75, 3.05) is 18.5 Å². The van der Waals surface area contributed by atoms with Gasteiger partial charge in [0.2, 0.25) is 11.8 Å². The first-order chi connectivity index (χ1) is 16.5. The molecule has 1 aromatic heterocycles.